The molecule has 1 aliphatic rings. The van der Waals surface area contributed by atoms with Gasteiger partial charge in [0.05, 0.1) is 23.7 Å². The van der Waals surface area contributed by atoms with E-state index in [4.69, 9.17) is 10.5 Å². The van der Waals surface area contributed by atoms with E-state index in [9.17, 15) is 0 Å². The Hall–Kier alpha value is -1.29. The quantitative estimate of drug-likeness (QED) is 0.758. The fraction of sp³-hybridized carbons (Fsp3) is 0.500. The minimum absolute atomic E-state index is 0.336. The zero-order chi connectivity index (χ0) is 9.80. The molecule has 1 aromatic rings. The van der Waals surface area contributed by atoms with Gasteiger partial charge in [0.1, 0.15) is 0 Å². The average Bonchev–Trinajstić information content (AvgIpc) is 2.69. The van der Waals surface area contributed by atoms with E-state index >= 15 is 0 Å². The molecule has 14 heavy (non-hydrogen) atoms. The van der Waals surface area contributed by atoms with Gasteiger partial charge in [-0.25, -0.2) is 0 Å². The van der Waals surface area contributed by atoms with Crippen molar-refractivity contribution in [2.75, 3.05) is 24.2 Å². The lowest BCUT2D eigenvalue weighted by Gasteiger charge is -2.12. The first-order chi connectivity index (χ1) is 6.86. The van der Waals surface area contributed by atoms with Crippen LogP contribution in [0.5, 0.6) is 0 Å². The topological polar surface area (TPSA) is 60.2 Å². The van der Waals surface area contributed by atoms with Gasteiger partial charge < -0.3 is 15.8 Å². The van der Waals surface area contributed by atoms with Crippen LogP contribution in [0.2, 0.25) is 0 Å². The number of nitrogens with zero attached hydrogens (tertiary/aromatic N) is 1. The van der Waals surface area contributed by atoms with Crippen LogP contribution in [0, 0.1) is 0 Å². The molecule has 1 fully saturated rings. The largest absolute Gasteiger partial charge is 0.396 e. The fourth-order valence-electron chi connectivity index (χ4n) is 1.60. The molecule has 0 unspecified atom stereocenters. The maximum atomic E-state index is 5.74. The van der Waals surface area contributed by atoms with Crippen molar-refractivity contribution in [3.63, 3.8) is 0 Å². The summed E-state index contributed by atoms with van der Waals surface area (Å²) in [6.45, 7) is 1.71. The van der Waals surface area contributed by atoms with Crippen molar-refractivity contribution in [1.82, 2.24) is 4.98 Å². The van der Waals surface area contributed by atoms with E-state index in [2.05, 4.69) is 10.3 Å². The van der Waals surface area contributed by atoms with E-state index in [1.54, 1.807) is 12.4 Å². The molecule has 1 aliphatic heterocycles. The van der Waals surface area contributed by atoms with Crippen LogP contribution in [0.25, 0.3) is 0 Å². The number of nitrogens with two attached hydrogens (primary N) is 1. The van der Waals surface area contributed by atoms with Crippen LogP contribution in [-0.4, -0.2) is 24.2 Å². The molecule has 0 bridgehead atoms. The lowest BCUT2D eigenvalue weighted by Crippen LogP contribution is -2.18. The molecule has 1 aromatic heterocycles. The SMILES string of the molecule is Nc1cnccc1NC[C@@H]1CCCO1. The summed E-state index contributed by atoms with van der Waals surface area (Å²) >= 11 is 0. The number of nitrogen functional groups attached to an aromatic ring is 1. The summed E-state index contributed by atoms with van der Waals surface area (Å²) < 4.78 is 5.50. The minimum Gasteiger partial charge on any atom is -0.396 e. The zero-order valence-corrected chi connectivity index (χ0v) is 8.07. The number of aromatic nitrogens is 1. The summed E-state index contributed by atoms with van der Waals surface area (Å²) in [4.78, 5) is 3.93. The molecule has 2 rings (SSSR count). The maximum absolute atomic E-state index is 5.74. The molecular formula is C10H15N3O. The summed E-state index contributed by atoms with van der Waals surface area (Å²) in [5.74, 6) is 0. The van der Waals surface area contributed by atoms with Crippen molar-refractivity contribution in [3.8, 4) is 0 Å². The van der Waals surface area contributed by atoms with Gasteiger partial charge in [0.2, 0.25) is 0 Å². The smallest absolute Gasteiger partial charge is 0.0748 e. The minimum atomic E-state index is 0.336. The number of anilines is 2. The Morgan fingerprint density at radius 2 is 2.57 bits per heavy atom. The van der Waals surface area contributed by atoms with Gasteiger partial charge in [0, 0.05) is 19.3 Å². The van der Waals surface area contributed by atoms with E-state index in [-0.39, 0.29) is 0 Å². The number of hydrogen-bond acceptors (Lipinski definition) is 4. The molecule has 3 N–H and O–H groups in total. The third kappa shape index (κ3) is 2.14. The van der Waals surface area contributed by atoms with Gasteiger partial charge in [0.25, 0.3) is 0 Å². The van der Waals surface area contributed by atoms with Crippen molar-refractivity contribution in [2.24, 2.45) is 0 Å². The molecule has 1 atom stereocenters. The molecule has 0 amide bonds. The Morgan fingerprint density at radius 3 is 3.29 bits per heavy atom. The zero-order valence-electron chi connectivity index (χ0n) is 8.07. The van der Waals surface area contributed by atoms with E-state index in [1.165, 1.54) is 0 Å². The number of nitrogens with one attached hydrogen (secondary N) is 1. The summed E-state index contributed by atoms with van der Waals surface area (Å²) in [5.41, 5.74) is 7.37. The number of rotatable bonds is 3. The monoisotopic (exact) mass is 193 g/mol. The van der Waals surface area contributed by atoms with E-state index in [0.717, 1.165) is 31.7 Å². The van der Waals surface area contributed by atoms with Gasteiger partial charge in [-0.1, -0.05) is 0 Å². The van der Waals surface area contributed by atoms with Crippen LogP contribution in [0.4, 0.5) is 11.4 Å². The van der Waals surface area contributed by atoms with Crippen molar-refractivity contribution in [3.05, 3.63) is 18.5 Å². The van der Waals surface area contributed by atoms with Crippen LogP contribution in [0.3, 0.4) is 0 Å². The van der Waals surface area contributed by atoms with Crippen molar-refractivity contribution < 1.29 is 4.74 Å². The molecule has 0 aliphatic carbocycles. The fourth-order valence-corrected chi connectivity index (χ4v) is 1.60. The predicted molar refractivity (Wildman–Crippen MR) is 56.1 cm³/mol. The van der Waals surface area contributed by atoms with Gasteiger partial charge >= 0.3 is 0 Å². The lowest BCUT2D eigenvalue weighted by molar-refractivity contribution is 0.120. The van der Waals surface area contributed by atoms with Crippen molar-refractivity contribution >= 4 is 11.4 Å². The second-order valence-electron chi connectivity index (χ2n) is 3.48. The molecule has 0 spiro atoms. The third-order valence-electron chi connectivity index (χ3n) is 2.40. The van der Waals surface area contributed by atoms with Gasteiger partial charge in [0.15, 0.2) is 0 Å². The number of hydrogen-bond donors (Lipinski definition) is 2. The highest BCUT2D eigenvalue weighted by molar-refractivity contribution is 5.64. The number of pyridine rings is 1. The standard InChI is InChI=1S/C10H15N3O/c11-9-7-12-4-3-10(9)13-6-8-2-1-5-14-8/h3-4,7-8H,1-2,5-6,11H2,(H,12,13)/t8-/m0/s1. The number of ether oxygens (including phenoxy) is 1. The highest BCUT2D eigenvalue weighted by atomic mass is 16.5. The van der Waals surface area contributed by atoms with Crippen LogP contribution in [-0.2, 0) is 4.74 Å². The second kappa shape index (κ2) is 4.28. The van der Waals surface area contributed by atoms with Gasteiger partial charge in [-0.2, -0.15) is 0 Å². The molecule has 2 heterocycles. The lowest BCUT2D eigenvalue weighted by atomic mass is 10.2. The maximum Gasteiger partial charge on any atom is 0.0748 e. The van der Waals surface area contributed by atoms with Crippen LogP contribution in [0.1, 0.15) is 12.8 Å². The summed E-state index contributed by atoms with van der Waals surface area (Å²) in [6.07, 6.45) is 6.02. The first kappa shape index (κ1) is 9.27. The van der Waals surface area contributed by atoms with Gasteiger partial charge in [-0.3, -0.25) is 4.98 Å². The summed E-state index contributed by atoms with van der Waals surface area (Å²) in [7, 11) is 0. The molecule has 76 valence electrons. The summed E-state index contributed by atoms with van der Waals surface area (Å²) in [5, 5.41) is 3.26. The van der Waals surface area contributed by atoms with Gasteiger partial charge in [-0.05, 0) is 18.9 Å². The highest BCUT2D eigenvalue weighted by Crippen LogP contribution is 2.17. The van der Waals surface area contributed by atoms with E-state index in [0.29, 0.717) is 11.8 Å². The normalized spacial score (nSPS) is 21.0. The van der Waals surface area contributed by atoms with E-state index < -0.39 is 0 Å². The van der Waals surface area contributed by atoms with Crippen molar-refractivity contribution in [2.45, 2.75) is 18.9 Å². The van der Waals surface area contributed by atoms with Gasteiger partial charge in [-0.15, -0.1) is 0 Å². The second-order valence-corrected chi connectivity index (χ2v) is 3.48. The molecule has 0 saturated carbocycles. The average molecular weight is 193 g/mol. The molecule has 0 aromatic carbocycles. The Labute approximate surface area is 83.5 Å². The Bertz CT molecular complexity index is 297. The predicted octanol–water partition coefficient (Wildman–Crippen LogP) is 1.25. The Balaban J connectivity index is 1.88. The first-order valence-corrected chi connectivity index (χ1v) is 4.91. The Kier molecular flexibility index (Phi) is 2.84. The van der Waals surface area contributed by atoms with E-state index in [1.807, 2.05) is 6.07 Å². The Morgan fingerprint density at radius 1 is 1.64 bits per heavy atom. The van der Waals surface area contributed by atoms with Crippen LogP contribution in [0.15, 0.2) is 18.5 Å². The first-order valence-electron chi connectivity index (χ1n) is 4.91. The highest BCUT2D eigenvalue weighted by Gasteiger charge is 2.14. The van der Waals surface area contributed by atoms with Crippen molar-refractivity contribution in [1.29, 1.82) is 0 Å². The molecule has 4 nitrogen and oxygen atoms in total. The van der Waals surface area contributed by atoms with Crippen LogP contribution >= 0.6 is 0 Å². The molecule has 1 saturated heterocycles. The third-order valence-corrected chi connectivity index (χ3v) is 2.40. The summed E-state index contributed by atoms with van der Waals surface area (Å²) in [6, 6.07) is 1.88. The molecule has 4 heteroatoms. The molecular weight excluding hydrogens is 178 g/mol. The van der Waals surface area contributed by atoms with Crippen LogP contribution < -0.4 is 11.1 Å². The molecule has 0 radical (unpaired) electrons.